The first-order valence-electron chi connectivity index (χ1n) is 6.96. The fraction of sp³-hybridized carbons (Fsp3) is 0.533. The number of alkyl halides is 1. The molecule has 0 aromatic heterocycles. The Labute approximate surface area is 122 Å². The number of hydrogen-bond donors (Lipinski definition) is 1. The number of primary amides is 1. The highest BCUT2D eigenvalue weighted by Crippen LogP contribution is 2.46. The lowest BCUT2D eigenvalue weighted by atomic mass is 9.86. The van der Waals surface area contributed by atoms with Gasteiger partial charge in [0, 0.05) is 18.0 Å². The third kappa shape index (κ3) is 2.21. The molecule has 2 saturated heterocycles. The fourth-order valence-electron chi connectivity index (χ4n) is 3.70. The summed E-state index contributed by atoms with van der Waals surface area (Å²) in [6, 6.07) is 6.71. The smallest absolute Gasteiger partial charge is 0.238 e. The second-order valence-corrected chi connectivity index (χ2v) is 6.50. The van der Waals surface area contributed by atoms with Gasteiger partial charge in [0.05, 0.1) is 0 Å². The van der Waals surface area contributed by atoms with Crippen molar-refractivity contribution in [3.05, 3.63) is 35.6 Å². The molecule has 1 aromatic rings. The van der Waals surface area contributed by atoms with Crippen LogP contribution in [0.15, 0.2) is 24.3 Å². The molecule has 3 nitrogen and oxygen atoms in total. The van der Waals surface area contributed by atoms with Crippen molar-refractivity contribution in [1.82, 2.24) is 4.90 Å². The number of carbonyl (C=O) groups excluding carboxylic acids is 1. The Kier molecular flexibility index (Phi) is 3.46. The average Bonchev–Trinajstić information content (AvgIpc) is 2.62. The van der Waals surface area contributed by atoms with E-state index >= 15 is 0 Å². The number of nitrogens with two attached hydrogens (primary N) is 1. The molecule has 0 spiro atoms. The van der Waals surface area contributed by atoms with Gasteiger partial charge in [-0.2, -0.15) is 0 Å². The number of piperidine rings is 1. The molecule has 108 valence electrons. The van der Waals surface area contributed by atoms with Gasteiger partial charge in [-0.3, -0.25) is 9.69 Å². The van der Waals surface area contributed by atoms with E-state index in [9.17, 15) is 9.18 Å². The Morgan fingerprint density at radius 1 is 1.45 bits per heavy atom. The first-order valence-corrected chi connectivity index (χ1v) is 7.40. The predicted octanol–water partition coefficient (Wildman–Crippen LogP) is 2.42. The average molecular weight is 297 g/mol. The van der Waals surface area contributed by atoms with Gasteiger partial charge in [-0.05, 0) is 43.4 Å². The molecule has 2 fully saturated rings. The van der Waals surface area contributed by atoms with Gasteiger partial charge in [-0.15, -0.1) is 11.6 Å². The van der Waals surface area contributed by atoms with E-state index in [1.165, 1.54) is 12.1 Å². The molecule has 0 saturated carbocycles. The van der Waals surface area contributed by atoms with Crippen LogP contribution >= 0.6 is 11.6 Å². The van der Waals surface area contributed by atoms with Crippen molar-refractivity contribution < 1.29 is 9.18 Å². The Hall–Kier alpha value is -1.13. The number of rotatable bonds is 3. The molecule has 1 aromatic carbocycles. The van der Waals surface area contributed by atoms with Crippen LogP contribution in [0.1, 0.15) is 31.2 Å². The largest absolute Gasteiger partial charge is 0.368 e. The van der Waals surface area contributed by atoms with E-state index in [1.807, 2.05) is 0 Å². The van der Waals surface area contributed by atoms with E-state index in [1.54, 1.807) is 12.1 Å². The number of carbonyl (C=O) groups is 1. The summed E-state index contributed by atoms with van der Waals surface area (Å²) >= 11 is 6.29. The summed E-state index contributed by atoms with van der Waals surface area (Å²) < 4.78 is 13.0. The minimum atomic E-state index is -0.621. The molecular formula is C15H18ClFN2O. The van der Waals surface area contributed by atoms with Crippen molar-refractivity contribution in [3.8, 4) is 0 Å². The van der Waals surface area contributed by atoms with Crippen LogP contribution in [0.3, 0.4) is 0 Å². The molecule has 2 heterocycles. The highest BCUT2D eigenvalue weighted by molar-refractivity contribution is 6.21. The summed E-state index contributed by atoms with van der Waals surface area (Å²) in [6.45, 7) is 0.623. The molecule has 5 heteroatoms. The molecule has 0 aliphatic carbocycles. The van der Waals surface area contributed by atoms with Gasteiger partial charge in [0.1, 0.15) is 11.4 Å². The van der Waals surface area contributed by atoms with Gasteiger partial charge in [0.15, 0.2) is 0 Å². The number of amides is 1. The second-order valence-electron chi connectivity index (χ2n) is 5.88. The molecule has 0 radical (unpaired) electrons. The van der Waals surface area contributed by atoms with Gasteiger partial charge < -0.3 is 5.73 Å². The maximum Gasteiger partial charge on any atom is 0.238 e. The summed E-state index contributed by atoms with van der Waals surface area (Å²) in [6.07, 6.45) is 3.23. The molecule has 3 atom stereocenters. The predicted molar refractivity (Wildman–Crippen MR) is 75.8 cm³/mol. The highest BCUT2D eigenvalue weighted by Gasteiger charge is 2.54. The lowest BCUT2D eigenvalue weighted by Crippen LogP contribution is -2.59. The van der Waals surface area contributed by atoms with E-state index in [4.69, 9.17) is 17.3 Å². The number of benzene rings is 1. The van der Waals surface area contributed by atoms with E-state index in [0.717, 1.165) is 24.8 Å². The van der Waals surface area contributed by atoms with Crippen molar-refractivity contribution in [2.24, 2.45) is 5.73 Å². The van der Waals surface area contributed by atoms with Gasteiger partial charge in [-0.1, -0.05) is 12.1 Å². The standard InChI is InChI=1S/C15H18ClFN2O/c16-11-7-13-5-6-15(8-11,14(18)20)19(13)9-10-1-3-12(17)4-2-10/h1-4,11,13H,5-9H2,(H2,18,20). The lowest BCUT2D eigenvalue weighted by Gasteiger charge is -2.44. The molecule has 2 N–H and O–H groups in total. The van der Waals surface area contributed by atoms with Crippen molar-refractivity contribution in [1.29, 1.82) is 0 Å². The van der Waals surface area contributed by atoms with Crippen molar-refractivity contribution in [2.45, 2.75) is 49.2 Å². The van der Waals surface area contributed by atoms with Gasteiger partial charge in [-0.25, -0.2) is 4.39 Å². The Bertz CT molecular complexity index is 521. The second kappa shape index (κ2) is 5.01. The fourth-order valence-corrected chi connectivity index (χ4v) is 4.16. The molecule has 2 aliphatic rings. The van der Waals surface area contributed by atoms with E-state index < -0.39 is 5.54 Å². The molecule has 3 rings (SSSR count). The Balaban J connectivity index is 1.87. The molecule has 2 aliphatic heterocycles. The zero-order valence-electron chi connectivity index (χ0n) is 11.2. The van der Waals surface area contributed by atoms with E-state index in [2.05, 4.69) is 4.90 Å². The van der Waals surface area contributed by atoms with Crippen molar-refractivity contribution in [2.75, 3.05) is 0 Å². The van der Waals surface area contributed by atoms with E-state index in [0.29, 0.717) is 19.0 Å². The minimum Gasteiger partial charge on any atom is -0.368 e. The maximum absolute atomic E-state index is 13.0. The monoisotopic (exact) mass is 296 g/mol. The van der Waals surface area contributed by atoms with Crippen molar-refractivity contribution >= 4 is 17.5 Å². The first kappa shape index (κ1) is 13.8. The van der Waals surface area contributed by atoms with Crippen molar-refractivity contribution in [3.63, 3.8) is 0 Å². The molecular weight excluding hydrogens is 279 g/mol. The number of hydrogen-bond acceptors (Lipinski definition) is 2. The van der Waals surface area contributed by atoms with Gasteiger partial charge in [0.2, 0.25) is 5.91 Å². The lowest BCUT2D eigenvalue weighted by molar-refractivity contribution is -0.132. The van der Waals surface area contributed by atoms with Crippen LogP contribution in [0.25, 0.3) is 0 Å². The third-order valence-electron chi connectivity index (χ3n) is 4.69. The zero-order chi connectivity index (χ0) is 14.3. The topological polar surface area (TPSA) is 46.3 Å². The van der Waals surface area contributed by atoms with Gasteiger partial charge >= 0.3 is 0 Å². The number of halogens is 2. The quantitative estimate of drug-likeness (QED) is 0.871. The molecule has 3 unspecified atom stereocenters. The summed E-state index contributed by atoms with van der Waals surface area (Å²) in [4.78, 5) is 14.2. The summed E-state index contributed by atoms with van der Waals surface area (Å²) in [5.41, 5.74) is 6.05. The van der Waals surface area contributed by atoms with Crippen LogP contribution in [-0.4, -0.2) is 27.8 Å². The van der Waals surface area contributed by atoms with Crippen LogP contribution in [0.5, 0.6) is 0 Å². The van der Waals surface area contributed by atoms with Crippen LogP contribution in [-0.2, 0) is 11.3 Å². The van der Waals surface area contributed by atoms with Gasteiger partial charge in [0.25, 0.3) is 0 Å². The normalized spacial score (nSPS) is 33.3. The van der Waals surface area contributed by atoms with Crippen LogP contribution in [0.2, 0.25) is 0 Å². The summed E-state index contributed by atoms with van der Waals surface area (Å²) in [5, 5.41) is 0.0134. The number of nitrogens with zero attached hydrogens (tertiary/aromatic N) is 1. The van der Waals surface area contributed by atoms with Crippen LogP contribution < -0.4 is 5.73 Å². The highest BCUT2D eigenvalue weighted by atomic mass is 35.5. The zero-order valence-corrected chi connectivity index (χ0v) is 11.9. The molecule has 1 amide bonds. The van der Waals surface area contributed by atoms with Crippen LogP contribution in [0, 0.1) is 5.82 Å². The Morgan fingerprint density at radius 2 is 2.15 bits per heavy atom. The minimum absolute atomic E-state index is 0.0134. The SMILES string of the molecule is NC(=O)C12CCC(CC(Cl)C1)N2Cc1ccc(F)cc1. The molecule has 2 bridgehead atoms. The summed E-state index contributed by atoms with van der Waals surface area (Å²) in [7, 11) is 0. The first-order chi connectivity index (χ1) is 9.51. The molecule has 20 heavy (non-hydrogen) atoms. The van der Waals surface area contributed by atoms with E-state index in [-0.39, 0.29) is 17.1 Å². The Morgan fingerprint density at radius 3 is 2.80 bits per heavy atom. The number of fused-ring (bicyclic) bond motifs is 2. The summed E-state index contributed by atoms with van der Waals surface area (Å²) in [5.74, 6) is -0.534. The third-order valence-corrected chi connectivity index (χ3v) is 5.03. The van der Waals surface area contributed by atoms with Crippen LogP contribution in [0.4, 0.5) is 4.39 Å². The maximum atomic E-state index is 13.0.